The van der Waals surface area contributed by atoms with Crippen LogP contribution in [-0.4, -0.2) is 65.6 Å². The van der Waals surface area contributed by atoms with E-state index in [1.165, 1.54) is 0 Å². The van der Waals surface area contributed by atoms with Crippen molar-refractivity contribution in [2.45, 2.75) is 0 Å². The minimum Gasteiger partial charge on any atom is -0.759 e. The van der Waals surface area contributed by atoms with E-state index in [1.807, 2.05) is 0 Å². The van der Waals surface area contributed by atoms with Crippen LogP contribution in [0.4, 0.5) is 0 Å². The molecule has 0 rings (SSSR count). The average Bonchev–Trinajstić information content (AvgIpc) is 1.19. The fraction of sp³-hybridized carbons (Fsp3) is 0. The molecule has 8 nitrogen and oxygen atoms in total. The Kier molecular flexibility index (Phi) is 12.4. The Balaban J connectivity index is -0.0000000910. The van der Waals surface area contributed by atoms with Crippen LogP contribution < -0.4 is 0 Å². The van der Waals surface area contributed by atoms with E-state index in [-0.39, 0.29) is 37.7 Å². The molecule has 0 heterocycles. The van der Waals surface area contributed by atoms with E-state index in [1.54, 1.807) is 0 Å². The smallest absolute Gasteiger partial charge is 0.759 e. The summed E-state index contributed by atoms with van der Waals surface area (Å²) in [6, 6.07) is 0. The predicted molar refractivity (Wildman–Crippen MR) is 25.0 cm³/mol. The van der Waals surface area contributed by atoms with E-state index in [4.69, 9.17) is 32.8 Å². The molecule has 0 atom stereocenters. The van der Waals surface area contributed by atoms with Gasteiger partial charge in [-0.25, -0.2) is 0 Å². The summed E-state index contributed by atoms with van der Waals surface area (Å²) in [4.78, 5) is 8.36. The van der Waals surface area contributed by atoms with Gasteiger partial charge in [-0.15, -0.1) is 10.1 Å². The van der Waals surface area contributed by atoms with Crippen LogP contribution in [0.2, 0.25) is 0 Å². The average molecular weight is 199 g/mol. The Morgan fingerprint density at radius 1 is 1.30 bits per heavy atom. The molecule has 0 aromatic rings. The fourth-order valence-electron chi connectivity index (χ4n) is 0. The minimum atomic E-state index is -5.17. The zero-order valence-electron chi connectivity index (χ0n) is 4.46. The Morgan fingerprint density at radius 3 is 1.30 bits per heavy atom. The van der Waals surface area contributed by atoms with Crippen molar-refractivity contribution >= 4 is 48.1 Å². The van der Waals surface area contributed by atoms with Crippen LogP contribution >= 0.6 is 0 Å². The van der Waals surface area contributed by atoms with Crippen LogP contribution in [0, 0.1) is 10.1 Å². The van der Waals surface area contributed by atoms with E-state index in [0.717, 1.165) is 0 Å². The Hall–Kier alpha value is 0.330. The Morgan fingerprint density at radius 2 is 1.30 bits per heavy atom. The molecule has 0 aliphatic carbocycles. The van der Waals surface area contributed by atoms with Crippen molar-refractivity contribution in [3.63, 3.8) is 0 Å². The minimum absolute atomic E-state index is 0. The van der Waals surface area contributed by atoms with Crippen LogP contribution in [0.15, 0.2) is 0 Å². The quantitative estimate of drug-likeness (QED) is 0.155. The van der Waals surface area contributed by atoms with Crippen LogP contribution in [0.3, 0.4) is 0 Å². The topological polar surface area (TPSA) is 144 Å². The summed E-state index contributed by atoms with van der Waals surface area (Å²) in [5, 5.41) is 13.6. The molecule has 0 aromatic heterocycles. The standard InChI is InChI=1S/Ca.HNO3.H2O4S/c;2-1(3)4;1-5(2,3)4/h;(H,2,3,4);(H2,1,2,3,4)/q+2;;/p-2. The van der Waals surface area contributed by atoms with Crippen LogP contribution in [0.5, 0.6) is 0 Å². The van der Waals surface area contributed by atoms with Crippen molar-refractivity contribution in [2.75, 3.05) is 0 Å². The molecular weight excluding hydrogens is 198 g/mol. The molecule has 1 N–H and O–H groups in total. The predicted octanol–water partition coefficient (Wildman–Crippen LogP) is -2.07. The maximum absolute atomic E-state index is 8.52. The van der Waals surface area contributed by atoms with E-state index in [2.05, 4.69) is 0 Å². The molecule has 0 unspecified atom stereocenters. The van der Waals surface area contributed by atoms with E-state index >= 15 is 0 Å². The normalized spacial score (nSPS) is 8.20. The molecule has 0 aromatic carbocycles. The molecule has 10 heteroatoms. The molecule has 0 fully saturated rings. The van der Waals surface area contributed by atoms with Crippen LogP contribution in [0.25, 0.3) is 0 Å². The third kappa shape index (κ3) is 4120. The molecule has 0 aliphatic rings. The monoisotopic (exact) mass is 199 g/mol. The van der Waals surface area contributed by atoms with Crippen molar-refractivity contribution in [1.29, 1.82) is 0 Å². The second-order valence-electron chi connectivity index (χ2n) is 0.646. The van der Waals surface area contributed by atoms with Crippen molar-refractivity contribution in [1.82, 2.24) is 0 Å². The first-order chi connectivity index (χ1) is 3.73. The van der Waals surface area contributed by atoms with Crippen LogP contribution in [-0.2, 0) is 10.4 Å². The molecule has 0 bridgehead atoms. The van der Waals surface area contributed by atoms with Gasteiger partial charge < -0.3 is 14.3 Å². The van der Waals surface area contributed by atoms with Gasteiger partial charge in [0.1, 0.15) is 0 Å². The summed E-state index contributed by atoms with van der Waals surface area (Å²) in [7, 11) is -5.17. The fourth-order valence-corrected chi connectivity index (χ4v) is 0. The summed E-state index contributed by atoms with van der Waals surface area (Å²) in [6.45, 7) is 0. The second-order valence-corrected chi connectivity index (χ2v) is 1.46. The Labute approximate surface area is 85.5 Å². The van der Waals surface area contributed by atoms with Gasteiger partial charge in [0.05, 0.1) is 0 Å². The largest absolute Gasteiger partial charge is 2.00 e. The number of hydrogen-bond donors (Lipinski definition) is 1. The van der Waals surface area contributed by atoms with Gasteiger partial charge in [-0.2, -0.15) is 0 Å². The van der Waals surface area contributed by atoms with Crippen molar-refractivity contribution in [3.05, 3.63) is 10.1 Å². The maximum Gasteiger partial charge on any atom is 2.00 e. The zero-order valence-corrected chi connectivity index (χ0v) is 7.48. The summed E-state index contributed by atoms with van der Waals surface area (Å²) < 4.78 is 34.1. The van der Waals surface area contributed by atoms with Crippen LogP contribution in [0.1, 0.15) is 0 Å². The van der Waals surface area contributed by atoms with Gasteiger partial charge in [0.25, 0.3) is 5.09 Å². The van der Waals surface area contributed by atoms with Gasteiger partial charge in [-0.05, 0) is 0 Å². The third-order valence-corrected chi connectivity index (χ3v) is 0. The molecule has 56 valence electrons. The third-order valence-electron chi connectivity index (χ3n) is 0. The first kappa shape index (κ1) is 16.7. The number of hydrogen-bond acceptors (Lipinski definition) is 6. The molecule has 0 saturated carbocycles. The van der Waals surface area contributed by atoms with Crippen molar-refractivity contribution < 1.29 is 27.8 Å². The van der Waals surface area contributed by atoms with E-state index in [0.29, 0.717) is 0 Å². The van der Waals surface area contributed by atoms with Crippen molar-refractivity contribution in [2.24, 2.45) is 0 Å². The Bertz CT molecular complexity index is 156. The van der Waals surface area contributed by atoms with Gasteiger partial charge in [-0.1, -0.05) is 0 Å². The van der Waals surface area contributed by atoms with Gasteiger partial charge in [0.15, 0.2) is 0 Å². The molecule has 0 saturated heterocycles. The molecule has 0 radical (unpaired) electrons. The van der Waals surface area contributed by atoms with Gasteiger partial charge in [-0.3, -0.25) is 8.42 Å². The molecule has 0 aliphatic heterocycles. The molecule has 0 amide bonds. The number of rotatable bonds is 0. The van der Waals surface area contributed by atoms with Gasteiger partial charge in [0.2, 0.25) is 0 Å². The second kappa shape index (κ2) is 7.44. The summed E-state index contributed by atoms with van der Waals surface area (Å²) >= 11 is 0. The van der Waals surface area contributed by atoms with Gasteiger partial charge >= 0.3 is 37.7 Å². The van der Waals surface area contributed by atoms with E-state index in [9.17, 15) is 0 Å². The summed E-state index contributed by atoms with van der Waals surface area (Å²) in [5.41, 5.74) is 0. The molecule has 0 spiro atoms. The first-order valence-electron chi connectivity index (χ1n) is 1.23. The molecular formula is HCaNO7S. The maximum atomic E-state index is 8.52. The zero-order chi connectivity index (χ0) is 8.08. The van der Waals surface area contributed by atoms with Crippen molar-refractivity contribution in [3.8, 4) is 0 Å². The first-order valence-corrected chi connectivity index (χ1v) is 2.57. The summed E-state index contributed by atoms with van der Waals surface area (Å²) in [5.74, 6) is 0. The number of nitrogens with zero attached hydrogens (tertiary/aromatic N) is 1. The summed E-state index contributed by atoms with van der Waals surface area (Å²) in [6.07, 6.45) is 0. The SMILES string of the molecule is O=S(=O)([O-])[O-].O=[N+]([O-])O.[Ca+2]. The van der Waals surface area contributed by atoms with Gasteiger partial charge in [0, 0.05) is 10.4 Å². The van der Waals surface area contributed by atoms with E-state index < -0.39 is 15.5 Å². The molecule has 10 heavy (non-hydrogen) atoms.